The topological polar surface area (TPSA) is 321 Å². The largest absolute Gasteiger partial charge is 0.482 e. The Bertz CT molecular complexity index is 4610. The van der Waals surface area contributed by atoms with Crippen LogP contribution in [-0.4, -0.2) is 127 Å². The summed E-state index contributed by atoms with van der Waals surface area (Å²) >= 11 is 0. The number of carbonyl (C=O) groups excluding carboxylic acids is 6. The highest BCUT2D eigenvalue weighted by molar-refractivity contribution is 5.99. The van der Waals surface area contributed by atoms with Crippen molar-refractivity contribution in [2.75, 3.05) is 70.1 Å². The average Bonchev–Trinajstić information content (AvgIpc) is 1.68. The van der Waals surface area contributed by atoms with Crippen molar-refractivity contribution in [3.05, 3.63) is 169 Å². The summed E-state index contributed by atoms with van der Waals surface area (Å²) in [5.74, 6) is 0.233. The molecule has 0 bridgehead atoms. The third-order valence-electron chi connectivity index (χ3n) is 19.1. The predicted molar refractivity (Wildman–Crippen MR) is 380 cm³/mol. The van der Waals surface area contributed by atoms with E-state index < -0.39 is 35.7 Å². The number of pyridine rings is 7. The number of benzene rings is 2. The summed E-state index contributed by atoms with van der Waals surface area (Å²) in [6, 6.07) is 22.8. The number of fused-ring (bicyclic) bond motifs is 6. The van der Waals surface area contributed by atoms with Crippen LogP contribution in [0.5, 0.6) is 17.2 Å². The Labute approximate surface area is 597 Å². The Balaban J connectivity index is 0.000000140. The Hall–Kier alpha value is -11.9. The van der Waals surface area contributed by atoms with Gasteiger partial charge in [0.1, 0.15) is 53.1 Å². The second-order valence-corrected chi connectivity index (χ2v) is 26.2. The van der Waals surface area contributed by atoms with Gasteiger partial charge in [-0.25, -0.2) is 32.5 Å². The molecule has 6 aliphatic heterocycles. The number of carbonyl (C=O) groups is 6. The number of amides is 6. The molecular formula is C74H74F3N13O15. The Morgan fingerprint density at radius 1 is 0.410 bits per heavy atom. The van der Waals surface area contributed by atoms with Gasteiger partial charge in [-0.15, -0.1) is 0 Å². The number of hydrogen-bond acceptors (Lipinski definition) is 19. The molecule has 0 radical (unpaired) electrons. The number of aryl methyl sites for hydroxylation is 6. The van der Waals surface area contributed by atoms with Crippen LogP contribution in [0.1, 0.15) is 93.7 Å². The second-order valence-electron chi connectivity index (χ2n) is 26.2. The summed E-state index contributed by atoms with van der Waals surface area (Å²) in [6.45, 7) is 1.07. The van der Waals surface area contributed by atoms with E-state index in [0.29, 0.717) is 154 Å². The van der Waals surface area contributed by atoms with Crippen LogP contribution in [0.3, 0.4) is 0 Å². The number of nitrogens with zero attached hydrogens (tertiary/aromatic N) is 10. The van der Waals surface area contributed by atoms with Crippen molar-refractivity contribution in [3.63, 3.8) is 0 Å². The van der Waals surface area contributed by atoms with Gasteiger partial charge in [0.2, 0.25) is 0 Å². The lowest BCUT2D eigenvalue weighted by Gasteiger charge is -2.20. The van der Waals surface area contributed by atoms with Crippen molar-refractivity contribution >= 4 is 103 Å². The number of halogens is 3. The van der Waals surface area contributed by atoms with Gasteiger partial charge >= 0.3 is 18.3 Å². The molecule has 0 spiro atoms. The number of unbranched alkanes of at least 4 members (excludes halogenated alkanes) is 6. The second kappa shape index (κ2) is 31.4. The van der Waals surface area contributed by atoms with Crippen molar-refractivity contribution in [1.29, 1.82) is 0 Å². The van der Waals surface area contributed by atoms with E-state index in [1.165, 1.54) is 55.4 Å². The summed E-state index contributed by atoms with van der Waals surface area (Å²) in [6.07, 6.45) is 12.0. The number of ether oxygens (including phenoxy) is 6. The van der Waals surface area contributed by atoms with Gasteiger partial charge in [-0.2, -0.15) is 0 Å². The number of nitrogens with one attached hydrogen (secondary N) is 3. The van der Waals surface area contributed by atoms with E-state index in [4.69, 9.17) is 28.4 Å². The Morgan fingerprint density at radius 2 is 0.762 bits per heavy atom. The molecule has 3 N–H and O–H groups in total. The first-order valence-corrected chi connectivity index (χ1v) is 34.6. The first-order valence-electron chi connectivity index (χ1n) is 34.6. The van der Waals surface area contributed by atoms with Gasteiger partial charge < -0.3 is 58.1 Å². The first-order chi connectivity index (χ1) is 50.7. The zero-order chi connectivity index (χ0) is 73.6. The van der Waals surface area contributed by atoms with Gasteiger partial charge in [0.25, 0.3) is 34.4 Å². The van der Waals surface area contributed by atoms with Crippen LogP contribution in [0.2, 0.25) is 0 Å². The van der Waals surface area contributed by atoms with Crippen LogP contribution in [0.25, 0.3) is 33.1 Å². The zero-order valence-corrected chi connectivity index (χ0v) is 57.6. The molecule has 6 amide bonds. The maximum atomic E-state index is 14.5. The van der Waals surface area contributed by atoms with E-state index in [-0.39, 0.29) is 78.3 Å². The fourth-order valence-corrected chi connectivity index (χ4v) is 13.7. The molecular weight excluding hydrogens is 1370 g/mol. The molecule has 1 unspecified atom stereocenters. The smallest absolute Gasteiger partial charge is 0.415 e. The summed E-state index contributed by atoms with van der Waals surface area (Å²) in [4.78, 5) is 129. The summed E-state index contributed by atoms with van der Waals surface area (Å²) in [5.41, 5.74) is 6.56. The molecule has 0 saturated carbocycles. The van der Waals surface area contributed by atoms with Crippen molar-refractivity contribution in [3.8, 4) is 17.2 Å². The standard InChI is InChI=1S/2C25H25FN4O5.C24H24FN5O5/c2*1-29-23(32)10-8-19-24(29)17(18(26)12-27-19)6-4-2-3-5-16-13-30(25(33)35-16)15-7-9-21-20(11-15)28-22(31)14-34-21;1-29-21(32)10-7-17-22(29)15(16(25)11-26-17)6-4-2-3-5-14-12-30(24(33)35-14)19-9-8-18-23(27-19)28-20(31)13-34-18/h2*7-12,16H,2-6,13-14H2,1H3,(H,28,31);7-11,14H,2-6,12-13H2,1H3,(H,27,28,31)/t2*16-;/m10./s1. The van der Waals surface area contributed by atoms with Crippen molar-refractivity contribution in [2.45, 2.75) is 115 Å². The van der Waals surface area contributed by atoms with Gasteiger partial charge in [0, 0.05) is 67.4 Å². The normalized spacial score (nSPS) is 17.2. The maximum Gasteiger partial charge on any atom is 0.415 e. The predicted octanol–water partition coefficient (Wildman–Crippen LogP) is 9.99. The van der Waals surface area contributed by atoms with Gasteiger partial charge in [0.05, 0.1) is 82.7 Å². The number of aromatic nitrogens is 7. The monoisotopic (exact) mass is 1440 g/mol. The Kier molecular flexibility index (Phi) is 21.3. The maximum absolute atomic E-state index is 14.5. The van der Waals surface area contributed by atoms with E-state index in [9.17, 15) is 56.3 Å². The van der Waals surface area contributed by atoms with Crippen LogP contribution in [-0.2, 0) is 69.0 Å². The molecule has 3 fully saturated rings. The highest BCUT2D eigenvalue weighted by atomic mass is 19.1. The molecule has 31 heteroatoms. The van der Waals surface area contributed by atoms with Crippen molar-refractivity contribution < 1.29 is 70.4 Å². The molecule has 546 valence electrons. The van der Waals surface area contributed by atoms with Crippen LogP contribution in [0, 0.1) is 17.5 Å². The van der Waals surface area contributed by atoms with Crippen molar-refractivity contribution in [1.82, 2.24) is 33.6 Å². The molecule has 0 aliphatic carbocycles. The zero-order valence-electron chi connectivity index (χ0n) is 57.6. The van der Waals surface area contributed by atoms with E-state index >= 15 is 0 Å². The number of cyclic esters (lactones) is 3. The fraction of sp³-hybridized carbons (Fsp3) is 0.365. The molecule has 105 heavy (non-hydrogen) atoms. The molecule has 7 aromatic heterocycles. The fourth-order valence-electron chi connectivity index (χ4n) is 13.7. The number of hydrogen-bond donors (Lipinski definition) is 3. The lowest BCUT2D eigenvalue weighted by atomic mass is 10.0. The minimum Gasteiger partial charge on any atom is -0.482 e. The van der Waals surface area contributed by atoms with E-state index in [0.717, 1.165) is 57.8 Å². The number of rotatable bonds is 21. The molecule has 3 saturated heterocycles. The molecule has 13 heterocycles. The van der Waals surface area contributed by atoms with Crippen LogP contribution >= 0.6 is 0 Å². The SMILES string of the molecule is Cn1c(=O)ccc2ncc(F)c(CCCCCC3CN(c4ccc5c(n4)NC(=O)CO5)C(=O)O3)c21.Cn1c(=O)ccc2ncc(F)c(CCCCC[C@@H]3CN(c4ccc5c(c4)NC(=O)CO5)C(=O)O3)c21.Cn1c(=O)ccc2ncc(F)c(CCCCC[C@H]3CN(c4ccc5c(c4)NC(=O)CO5)C(=O)O3)c21. The quantitative estimate of drug-likeness (QED) is 0.0445. The van der Waals surface area contributed by atoms with Crippen LogP contribution in [0.15, 0.2) is 118 Å². The van der Waals surface area contributed by atoms with E-state index in [1.807, 2.05) is 0 Å². The number of anilines is 6. The third kappa shape index (κ3) is 16.0. The highest BCUT2D eigenvalue weighted by Gasteiger charge is 2.36. The van der Waals surface area contributed by atoms with Gasteiger partial charge in [0.15, 0.2) is 31.4 Å². The Morgan fingerprint density at radius 3 is 1.16 bits per heavy atom. The van der Waals surface area contributed by atoms with Gasteiger partial charge in [-0.1, -0.05) is 19.3 Å². The van der Waals surface area contributed by atoms with E-state index in [2.05, 4.69) is 35.9 Å². The molecule has 15 rings (SSSR count). The van der Waals surface area contributed by atoms with E-state index in [1.54, 1.807) is 97.7 Å². The third-order valence-corrected chi connectivity index (χ3v) is 19.1. The molecule has 2 aromatic carbocycles. The minimum absolute atomic E-state index is 0.0255. The lowest BCUT2D eigenvalue weighted by molar-refractivity contribution is -0.119. The van der Waals surface area contributed by atoms with Gasteiger partial charge in [-0.05, 0) is 144 Å². The molecule has 9 aromatic rings. The minimum atomic E-state index is -0.489. The summed E-state index contributed by atoms with van der Waals surface area (Å²) in [7, 11) is 4.87. The molecule has 6 aliphatic rings. The van der Waals surface area contributed by atoms with Gasteiger partial charge in [-0.3, -0.25) is 58.4 Å². The average molecular weight is 1440 g/mol. The summed E-state index contributed by atoms with van der Waals surface area (Å²) in [5, 5.41) is 8.11. The summed E-state index contributed by atoms with van der Waals surface area (Å²) < 4.78 is 80.3. The van der Waals surface area contributed by atoms with Crippen LogP contribution in [0.4, 0.5) is 61.9 Å². The van der Waals surface area contributed by atoms with Crippen molar-refractivity contribution in [2.24, 2.45) is 21.1 Å². The molecule has 28 nitrogen and oxygen atoms in total. The first kappa shape index (κ1) is 71.5. The highest BCUT2D eigenvalue weighted by Crippen LogP contribution is 2.37. The lowest BCUT2D eigenvalue weighted by Crippen LogP contribution is -2.29. The molecule has 3 atom stereocenters. The van der Waals surface area contributed by atoms with Crippen LogP contribution < -0.4 is 61.5 Å².